The Morgan fingerprint density at radius 1 is 1.39 bits per heavy atom. The Balaban J connectivity index is 1.83. The van der Waals surface area contributed by atoms with E-state index in [1.54, 1.807) is 4.90 Å². The molecule has 3 rings (SSSR count). The molecular weight excluding hydrogens is 296 g/mol. The van der Waals surface area contributed by atoms with Crippen LogP contribution in [-0.4, -0.2) is 46.1 Å². The molecule has 6 heteroatoms. The molecule has 0 spiro atoms. The smallest absolute Gasteiger partial charge is 0.410 e. The van der Waals surface area contributed by atoms with Crippen molar-refractivity contribution in [2.45, 2.75) is 44.8 Å². The van der Waals surface area contributed by atoms with Crippen molar-refractivity contribution in [3.63, 3.8) is 0 Å². The van der Waals surface area contributed by atoms with E-state index in [4.69, 9.17) is 9.26 Å². The number of benzene rings is 1. The Morgan fingerprint density at radius 2 is 2.13 bits per heavy atom. The highest BCUT2D eigenvalue weighted by molar-refractivity contribution is 5.80. The molecule has 1 aliphatic rings. The molecule has 124 valence electrons. The number of rotatable bonds is 1. The average Bonchev–Trinajstić information content (AvgIpc) is 2.90. The van der Waals surface area contributed by atoms with E-state index in [-0.39, 0.29) is 12.0 Å². The molecule has 1 aliphatic heterocycles. The molecule has 2 aromatic rings. The van der Waals surface area contributed by atoms with Crippen LogP contribution in [0.2, 0.25) is 0 Å². The van der Waals surface area contributed by atoms with E-state index in [2.05, 4.69) is 5.16 Å². The summed E-state index contributed by atoms with van der Waals surface area (Å²) in [6.45, 7) is 6.36. The van der Waals surface area contributed by atoms with Gasteiger partial charge in [-0.25, -0.2) is 4.79 Å². The maximum Gasteiger partial charge on any atom is 0.410 e. The molecule has 0 aliphatic carbocycles. The minimum absolute atomic E-state index is 0.278. The molecule has 1 amide bonds. The first-order chi connectivity index (χ1) is 10.8. The van der Waals surface area contributed by atoms with Gasteiger partial charge in [-0.05, 0) is 39.3 Å². The van der Waals surface area contributed by atoms with Crippen molar-refractivity contribution in [1.29, 1.82) is 0 Å². The lowest BCUT2D eigenvalue weighted by atomic mass is 9.90. The Bertz CT molecular complexity index is 704. The van der Waals surface area contributed by atoms with Crippen molar-refractivity contribution in [2.24, 2.45) is 0 Å². The predicted molar refractivity (Wildman–Crippen MR) is 85.2 cm³/mol. The Hall–Kier alpha value is -2.08. The second-order valence-electron chi connectivity index (χ2n) is 6.95. The molecule has 1 saturated heterocycles. The van der Waals surface area contributed by atoms with Crippen molar-refractivity contribution < 1.29 is 19.2 Å². The first-order valence-electron chi connectivity index (χ1n) is 7.85. The molecule has 2 unspecified atom stereocenters. The monoisotopic (exact) mass is 318 g/mol. The van der Waals surface area contributed by atoms with Gasteiger partial charge in [0.2, 0.25) is 0 Å². The van der Waals surface area contributed by atoms with Gasteiger partial charge in [0.05, 0.1) is 11.8 Å². The molecular formula is C17H22N2O4. The highest BCUT2D eigenvalue weighted by Gasteiger charge is 2.35. The quantitative estimate of drug-likeness (QED) is 0.875. The van der Waals surface area contributed by atoms with Crippen LogP contribution in [0.5, 0.6) is 0 Å². The topological polar surface area (TPSA) is 75.8 Å². The summed E-state index contributed by atoms with van der Waals surface area (Å²) in [6, 6.07) is 7.54. The van der Waals surface area contributed by atoms with E-state index in [9.17, 15) is 9.90 Å². The number of hydrogen-bond acceptors (Lipinski definition) is 5. The van der Waals surface area contributed by atoms with Gasteiger partial charge in [0.1, 0.15) is 5.60 Å². The zero-order valence-electron chi connectivity index (χ0n) is 13.7. The number of aliphatic hydroxyl groups excluding tert-OH is 1. The molecule has 1 fully saturated rings. The number of ether oxygens (including phenoxy) is 1. The molecule has 1 aromatic carbocycles. The molecule has 1 N–H and O–H groups in total. The summed E-state index contributed by atoms with van der Waals surface area (Å²) in [5, 5.41) is 15.4. The number of nitrogens with zero attached hydrogens (tertiary/aromatic N) is 2. The SMILES string of the molecule is CC(C)(C)OC(=O)N1CCC(O)C(c2noc3ccccc23)C1. The molecule has 2 atom stereocenters. The van der Waals surface area contributed by atoms with Gasteiger partial charge < -0.3 is 19.3 Å². The summed E-state index contributed by atoms with van der Waals surface area (Å²) in [5.41, 5.74) is 0.842. The van der Waals surface area contributed by atoms with E-state index in [0.717, 1.165) is 5.39 Å². The number of amides is 1. The first kappa shape index (κ1) is 15.8. The lowest BCUT2D eigenvalue weighted by Gasteiger charge is -2.36. The molecule has 1 aromatic heterocycles. The minimum atomic E-state index is -0.554. The third-order valence-electron chi connectivity index (χ3n) is 3.98. The fourth-order valence-corrected chi connectivity index (χ4v) is 2.87. The number of fused-ring (bicyclic) bond motifs is 1. The number of aliphatic hydroxyl groups is 1. The van der Waals surface area contributed by atoms with E-state index < -0.39 is 11.7 Å². The average molecular weight is 318 g/mol. The zero-order chi connectivity index (χ0) is 16.6. The van der Waals surface area contributed by atoms with Gasteiger partial charge in [-0.2, -0.15) is 0 Å². The van der Waals surface area contributed by atoms with Crippen LogP contribution < -0.4 is 0 Å². The van der Waals surface area contributed by atoms with Gasteiger partial charge in [0, 0.05) is 24.4 Å². The highest BCUT2D eigenvalue weighted by Crippen LogP contribution is 2.32. The summed E-state index contributed by atoms with van der Waals surface area (Å²) in [6.07, 6.45) is -0.421. The van der Waals surface area contributed by atoms with Crippen LogP contribution in [0.25, 0.3) is 11.0 Å². The van der Waals surface area contributed by atoms with Crippen LogP contribution in [0, 0.1) is 0 Å². The molecule has 0 bridgehead atoms. The van der Waals surface area contributed by atoms with Crippen molar-refractivity contribution in [3.8, 4) is 0 Å². The van der Waals surface area contributed by atoms with E-state index in [0.29, 0.717) is 30.8 Å². The van der Waals surface area contributed by atoms with Crippen LogP contribution in [0.1, 0.15) is 38.8 Å². The largest absolute Gasteiger partial charge is 0.444 e. The van der Waals surface area contributed by atoms with Crippen molar-refractivity contribution in [1.82, 2.24) is 10.1 Å². The lowest BCUT2D eigenvalue weighted by Crippen LogP contribution is -2.46. The third-order valence-corrected chi connectivity index (χ3v) is 3.98. The van der Waals surface area contributed by atoms with Gasteiger partial charge in [-0.15, -0.1) is 0 Å². The van der Waals surface area contributed by atoms with Crippen LogP contribution in [-0.2, 0) is 4.74 Å². The number of para-hydroxylation sites is 1. The van der Waals surface area contributed by atoms with Crippen LogP contribution in [0.15, 0.2) is 28.8 Å². The lowest BCUT2D eigenvalue weighted by molar-refractivity contribution is 0.00348. The van der Waals surface area contributed by atoms with Crippen molar-refractivity contribution in [2.75, 3.05) is 13.1 Å². The normalized spacial score (nSPS) is 22.3. The predicted octanol–water partition coefficient (Wildman–Crippen LogP) is 2.91. The number of likely N-dealkylation sites (tertiary alicyclic amines) is 1. The highest BCUT2D eigenvalue weighted by atomic mass is 16.6. The zero-order valence-corrected chi connectivity index (χ0v) is 13.7. The Morgan fingerprint density at radius 3 is 2.87 bits per heavy atom. The van der Waals surface area contributed by atoms with Crippen LogP contribution in [0.3, 0.4) is 0 Å². The maximum atomic E-state index is 12.3. The van der Waals surface area contributed by atoms with Gasteiger partial charge in [-0.3, -0.25) is 0 Å². The molecule has 0 saturated carbocycles. The van der Waals surface area contributed by atoms with Gasteiger partial charge in [0.25, 0.3) is 0 Å². The maximum absolute atomic E-state index is 12.3. The fraction of sp³-hybridized carbons (Fsp3) is 0.529. The van der Waals surface area contributed by atoms with Crippen LogP contribution >= 0.6 is 0 Å². The van der Waals surface area contributed by atoms with Crippen molar-refractivity contribution in [3.05, 3.63) is 30.0 Å². The second kappa shape index (κ2) is 5.85. The molecule has 6 nitrogen and oxygen atoms in total. The third kappa shape index (κ3) is 3.32. The van der Waals surface area contributed by atoms with Gasteiger partial charge in [0.15, 0.2) is 5.58 Å². The Kier molecular flexibility index (Phi) is 4.02. The number of carbonyl (C=O) groups excluding carboxylic acids is 1. The Labute approximate surface area is 135 Å². The van der Waals surface area contributed by atoms with Crippen molar-refractivity contribution >= 4 is 17.1 Å². The second-order valence-corrected chi connectivity index (χ2v) is 6.95. The van der Waals surface area contributed by atoms with Gasteiger partial charge in [-0.1, -0.05) is 17.3 Å². The summed E-state index contributed by atoms with van der Waals surface area (Å²) < 4.78 is 10.8. The van der Waals surface area contributed by atoms with Gasteiger partial charge >= 0.3 is 6.09 Å². The van der Waals surface area contributed by atoms with E-state index >= 15 is 0 Å². The summed E-state index contributed by atoms with van der Waals surface area (Å²) in [5.74, 6) is -0.278. The molecule has 2 heterocycles. The fourth-order valence-electron chi connectivity index (χ4n) is 2.87. The molecule has 23 heavy (non-hydrogen) atoms. The number of carbonyl (C=O) groups is 1. The molecule has 0 radical (unpaired) electrons. The number of hydrogen-bond donors (Lipinski definition) is 1. The van der Waals surface area contributed by atoms with E-state index in [1.165, 1.54) is 0 Å². The standard InChI is InChI=1S/C17H22N2O4/c1-17(2,3)22-16(21)19-9-8-13(20)12(10-19)15-11-6-4-5-7-14(11)23-18-15/h4-7,12-13,20H,8-10H2,1-3H3. The summed E-state index contributed by atoms with van der Waals surface area (Å²) in [7, 11) is 0. The number of aromatic nitrogens is 1. The summed E-state index contributed by atoms with van der Waals surface area (Å²) in [4.78, 5) is 13.9. The van der Waals surface area contributed by atoms with Crippen LogP contribution in [0.4, 0.5) is 4.79 Å². The summed E-state index contributed by atoms with van der Waals surface area (Å²) >= 11 is 0. The minimum Gasteiger partial charge on any atom is -0.444 e. The first-order valence-corrected chi connectivity index (χ1v) is 7.85. The van der Waals surface area contributed by atoms with E-state index in [1.807, 2.05) is 45.0 Å². The number of piperidine rings is 1.